The van der Waals surface area contributed by atoms with Gasteiger partial charge in [-0.2, -0.15) is 0 Å². The molecule has 1 saturated carbocycles. The van der Waals surface area contributed by atoms with Gasteiger partial charge in [-0.3, -0.25) is 9.59 Å². The van der Waals surface area contributed by atoms with Crippen LogP contribution in [0.3, 0.4) is 0 Å². The minimum atomic E-state index is -0.299. The zero-order valence-corrected chi connectivity index (χ0v) is 14.3. The maximum absolute atomic E-state index is 13.0. The fourth-order valence-electron chi connectivity index (χ4n) is 4.02. The van der Waals surface area contributed by atoms with E-state index in [-0.39, 0.29) is 17.2 Å². The van der Waals surface area contributed by atoms with Crippen LogP contribution in [0, 0.1) is 11.3 Å². The molecule has 0 bridgehead atoms. The second kappa shape index (κ2) is 6.81. The summed E-state index contributed by atoms with van der Waals surface area (Å²) in [4.78, 5) is 24.3. The molecule has 6 nitrogen and oxygen atoms in total. The van der Waals surface area contributed by atoms with Gasteiger partial charge >= 0.3 is 0 Å². The van der Waals surface area contributed by atoms with Crippen LogP contribution in [0.15, 0.2) is 18.2 Å². The summed E-state index contributed by atoms with van der Waals surface area (Å²) >= 11 is 0. The third-order valence-corrected chi connectivity index (χ3v) is 5.26. The number of amides is 2. The Hall–Kier alpha value is -2.08. The van der Waals surface area contributed by atoms with Gasteiger partial charge in [0.15, 0.2) is 0 Å². The molecule has 6 heteroatoms. The van der Waals surface area contributed by atoms with E-state index >= 15 is 0 Å². The van der Waals surface area contributed by atoms with Crippen LogP contribution in [0.4, 0.5) is 11.4 Å². The molecule has 0 radical (unpaired) electrons. The number of carbonyl (C=O) groups is 2. The van der Waals surface area contributed by atoms with E-state index in [0.717, 1.165) is 32.4 Å². The Bertz CT molecular complexity index is 646. The van der Waals surface area contributed by atoms with Crippen molar-refractivity contribution in [1.82, 2.24) is 5.32 Å². The van der Waals surface area contributed by atoms with Crippen molar-refractivity contribution in [2.24, 2.45) is 11.3 Å². The Kier molecular flexibility index (Phi) is 4.76. The number of nitrogens with one attached hydrogen (secondary N) is 3. The van der Waals surface area contributed by atoms with E-state index in [1.807, 2.05) is 0 Å². The summed E-state index contributed by atoms with van der Waals surface area (Å²) < 4.78 is 5.25. The lowest BCUT2D eigenvalue weighted by atomic mass is 9.67. The van der Waals surface area contributed by atoms with E-state index in [1.54, 1.807) is 25.3 Å². The van der Waals surface area contributed by atoms with Crippen molar-refractivity contribution in [1.29, 1.82) is 0 Å². The molecular formula is C18H25N3O3. The van der Waals surface area contributed by atoms with Gasteiger partial charge in [-0.1, -0.05) is 12.8 Å². The Balaban J connectivity index is 1.80. The van der Waals surface area contributed by atoms with Crippen LogP contribution in [-0.2, 0) is 9.59 Å². The number of ether oxygens (including phenoxy) is 1. The minimum Gasteiger partial charge on any atom is -0.495 e. The SMILES string of the molecule is COc1ccc(NC(=O)[C@@]23CCCC[C@H]2CNC3)cc1NC(C)=O. The molecule has 24 heavy (non-hydrogen) atoms. The first-order valence-electron chi connectivity index (χ1n) is 8.53. The summed E-state index contributed by atoms with van der Waals surface area (Å²) in [5.41, 5.74) is 0.937. The quantitative estimate of drug-likeness (QED) is 0.791. The third kappa shape index (κ3) is 3.11. The number of hydrogen-bond acceptors (Lipinski definition) is 4. The molecule has 1 aliphatic heterocycles. The summed E-state index contributed by atoms with van der Waals surface area (Å²) in [6.07, 6.45) is 4.35. The summed E-state index contributed by atoms with van der Waals surface area (Å²) in [7, 11) is 1.55. The molecule has 1 aromatic rings. The summed E-state index contributed by atoms with van der Waals surface area (Å²) in [6.45, 7) is 3.12. The lowest BCUT2D eigenvalue weighted by Gasteiger charge is -2.37. The molecule has 1 aliphatic carbocycles. The molecule has 3 rings (SSSR count). The van der Waals surface area contributed by atoms with Crippen LogP contribution in [0.2, 0.25) is 0 Å². The van der Waals surface area contributed by atoms with Crippen LogP contribution < -0.4 is 20.7 Å². The van der Waals surface area contributed by atoms with E-state index in [4.69, 9.17) is 4.74 Å². The molecule has 2 fully saturated rings. The van der Waals surface area contributed by atoms with Gasteiger partial charge in [-0.05, 0) is 43.5 Å². The fraction of sp³-hybridized carbons (Fsp3) is 0.556. The number of rotatable bonds is 4. The van der Waals surface area contributed by atoms with Crippen LogP contribution >= 0.6 is 0 Å². The smallest absolute Gasteiger partial charge is 0.232 e. The summed E-state index contributed by atoms with van der Waals surface area (Å²) in [6, 6.07) is 5.30. The largest absolute Gasteiger partial charge is 0.495 e. The molecule has 130 valence electrons. The van der Waals surface area contributed by atoms with Gasteiger partial charge in [0.2, 0.25) is 11.8 Å². The monoisotopic (exact) mass is 331 g/mol. The van der Waals surface area contributed by atoms with Crippen molar-refractivity contribution in [3.05, 3.63) is 18.2 Å². The molecular weight excluding hydrogens is 306 g/mol. The maximum Gasteiger partial charge on any atom is 0.232 e. The second-order valence-corrected chi connectivity index (χ2v) is 6.78. The van der Waals surface area contributed by atoms with E-state index in [0.29, 0.717) is 23.0 Å². The van der Waals surface area contributed by atoms with Crippen molar-refractivity contribution in [3.63, 3.8) is 0 Å². The Morgan fingerprint density at radius 3 is 2.88 bits per heavy atom. The minimum absolute atomic E-state index is 0.0798. The number of benzene rings is 1. The van der Waals surface area contributed by atoms with Crippen molar-refractivity contribution >= 4 is 23.2 Å². The van der Waals surface area contributed by atoms with Gasteiger partial charge in [0.25, 0.3) is 0 Å². The van der Waals surface area contributed by atoms with Gasteiger partial charge in [-0.25, -0.2) is 0 Å². The standard InChI is InChI=1S/C18H25N3O3/c1-12(22)20-15-9-14(6-7-16(15)24-2)21-17(23)18-8-4-3-5-13(18)10-19-11-18/h6-7,9,13,19H,3-5,8,10-11H2,1-2H3,(H,20,22)(H,21,23)/t13-,18+/m0/s1. The normalized spacial score (nSPS) is 25.7. The van der Waals surface area contributed by atoms with Crippen LogP contribution in [0.25, 0.3) is 0 Å². The number of hydrogen-bond donors (Lipinski definition) is 3. The van der Waals surface area contributed by atoms with E-state index in [9.17, 15) is 9.59 Å². The van der Waals surface area contributed by atoms with Crippen molar-refractivity contribution in [2.75, 3.05) is 30.8 Å². The molecule has 0 spiro atoms. The zero-order chi connectivity index (χ0) is 17.2. The molecule has 2 aliphatic rings. The Labute approximate surface area is 142 Å². The zero-order valence-electron chi connectivity index (χ0n) is 14.3. The highest BCUT2D eigenvalue weighted by molar-refractivity contribution is 5.98. The number of methoxy groups -OCH3 is 1. The lowest BCUT2D eigenvalue weighted by Crippen LogP contribution is -2.44. The predicted octanol–water partition coefficient (Wildman–Crippen LogP) is 2.37. The Morgan fingerprint density at radius 2 is 2.12 bits per heavy atom. The number of carbonyl (C=O) groups excluding carboxylic acids is 2. The lowest BCUT2D eigenvalue weighted by molar-refractivity contribution is -0.128. The number of fused-ring (bicyclic) bond motifs is 1. The second-order valence-electron chi connectivity index (χ2n) is 6.78. The number of anilines is 2. The fourth-order valence-corrected chi connectivity index (χ4v) is 4.02. The molecule has 2 atom stereocenters. The average molecular weight is 331 g/mol. The molecule has 1 heterocycles. The maximum atomic E-state index is 13.0. The first kappa shape index (κ1) is 16.8. The van der Waals surface area contributed by atoms with Gasteiger partial charge in [-0.15, -0.1) is 0 Å². The van der Waals surface area contributed by atoms with Gasteiger partial charge in [0, 0.05) is 19.2 Å². The van der Waals surface area contributed by atoms with Crippen LogP contribution in [0.1, 0.15) is 32.6 Å². The molecule has 3 N–H and O–H groups in total. The van der Waals surface area contributed by atoms with Gasteiger partial charge in [0.1, 0.15) is 5.75 Å². The first-order valence-corrected chi connectivity index (χ1v) is 8.53. The van der Waals surface area contributed by atoms with E-state index < -0.39 is 0 Å². The topological polar surface area (TPSA) is 79.5 Å². The van der Waals surface area contributed by atoms with Crippen molar-refractivity contribution in [2.45, 2.75) is 32.6 Å². The first-order chi connectivity index (χ1) is 11.5. The van der Waals surface area contributed by atoms with Crippen molar-refractivity contribution in [3.8, 4) is 5.75 Å². The molecule has 0 aromatic heterocycles. The van der Waals surface area contributed by atoms with Crippen LogP contribution in [-0.4, -0.2) is 32.0 Å². The average Bonchev–Trinajstić information content (AvgIpc) is 3.00. The van der Waals surface area contributed by atoms with E-state index in [2.05, 4.69) is 16.0 Å². The van der Waals surface area contributed by atoms with E-state index in [1.165, 1.54) is 13.3 Å². The predicted molar refractivity (Wildman–Crippen MR) is 93.2 cm³/mol. The molecule has 0 unspecified atom stereocenters. The van der Waals surface area contributed by atoms with Crippen molar-refractivity contribution < 1.29 is 14.3 Å². The molecule has 1 aromatic carbocycles. The van der Waals surface area contributed by atoms with Crippen LogP contribution in [0.5, 0.6) is 5.75 Å². The Morgan fingerprint density at radius 1 is 1.29 bits per heavy atom. The molecule has 2 amide bonds. The third-order valence-electron chi connectivity index (χ3n) is 5.26. The van der Waals surface area contributed by atoms with Gasteiger partial charge in [0.05, 0.1) is 18.2 Å². The summed E-state index contributed by atoms with van der Waals surface area (Å²) in [5.74, 6) is 0.887. The highest BCUT2D eigenvalue weighted by Gasteiger charge is 2.49. The highest BCUT2D eigenvalue weighted by Crippen LogP contribution is 2.44. The highest BCUT2D eigenvalue weighted by atomic mass is 16.5. The molecule has 1 saturated heterocycles. The summed E-state index contributed by atoms with van der Waals surface area (Å²) in [5, 5.41) is 9.18. The van der Waals surface area contributed by atoms with Gasteiger partial charge < -0.3 is 20.7 Å².